The van der Waals surface area contributed by atoms with Gasteiger partial charge in [-0.05, 0) is 25.7 Å². The van der Waals surface area contributed by atoms with Crippen LogP contribution in [0.25, 0.3) is 0 Å². The molecule has 0 aliphatic heterocycles. The third-order valence-electron chi connectivity index (χ3n) is 6.99. The zero-order chi connectivity index (χ0) is 31.6. The van der Waals surface area contributed by atoms with E-state index >= 15 is 0 Å². The van der Waals surface area contributed by atoms with E-state index in [0.29, 0.717) is 26.4 Å². The van der Waals surface area contributed by atoms with Crippen LogP contribution >= 0.6 is 21.3 Å². The summed E-state index contributed by atoms with van der Waals surface area (Å²) in [4.78, 5) is 0. The van der Waals surface area contributed by atoms with E-state index in [4.69, 9.17) is 66.2 Å². The van der Waals surface area contributed by atoms with Gasteiger partial charge in [0.1, 0.15) is 0 Å². The summed E-state index contributed by atoms with van der Waals surface area (Å²) in [5.41, 5.74) is -4.80. The third kappa shape index (κ3) is 47.0. The zero-order valence-corrected chi connectivity index (χ0v) is 38.8. The Morgan fingerprint density at radius 3 is 0.705 bits per heavy atom. The fraction of sp³-hybridized carbons (Fsp3) is 1.00. The molecule has 4 nitrogen and oxygen atoms in total. The first kappa shape index (κ1) is 53.7. The van der Waals surface area contributed by atoms with Crippen molar-refractivity contribution in [3.8, 4) is 0 Å². The molecule has 12 heteroatoms. The van der Waals surface area contributed by atoms with Gasteiger partial charge in [-0.15, -0.1) is 0 Å². The molecule has 0 aromatic carbocycles. The molecule has 0 saturated carbocycles. The second-order valence-electron chi connectivity index (χ2n) is 11.3. The number of rotatable bonds is 32. The molecule has 0 aromatic heterocycles. The Balaban J connectivity index is -0.000000348. The monoisotopic (exact) mass is 804 g/mol. The minimum Gasteiger partial charge on any atom is -0.691 e. The van der Waals surface area contributed by atoms with Gasteiger partial charge in [-0.2, -0.15) is 9.90 Å². The number of hydrogen-bond acceptors (Lipinski definition) is 8. The van der Waals surface area contributed by atoms with Crippen molar-refractivity contribution in [2.24, 2.45) is 0 Å². The predicted molar refractivity (Wildman–Crippen MR) is 212 cm³/mol. The zero-order valence-electron chi connectivity index (χ0n) is 29.4. The molecule has 0 spiro atoms. The van der Waals surface area contributed by atoms with Gasteiger partial charge in [0.2, 0.25) is 0 Å². The van der Waals surface area contributed by atoms with Crippen molar-refractivity contribution in [2.75, 3.05) is 26.4 Å². The van der Waals surface area contributed by atoms with Gasteiger partial charge in [0.25, 0.3) is 0 Å². The van der Waals surface area contributed by atoms with Crippen molar-refractivity contribution in [3.05, 3.63) is 0 Å². The second-order valence-corrected chi connectivity index (χ2v) is 21.3. The molecule has 0 aliphatic rings. The average Bonchev–Trinajstić information content (AvgIpc) is 2.95. The largest absolute Gasteiger partial charge is 2.00 e. The predicted octanol–water partition coefficient (Wildman–Crippen LogP) is 13.1. The quantitative estimate of drug-likeness (QED) is 0.0288. The average molecular weight is 806 g/mol. The summed E-state index contributed by atoms with van der Waals surface area (Å²) in [7, 11) is 0. The van der Waals surface area contributed by atoms with Crippen LogP contribution in [0.15, 0.2) is 0 Å². The number of unbranched alkanes of at least 4 members (excludes halogenated alkanes) is 20. The molecule has 1 atom stereocenters. The molecule has 0 aliphatic carbocycles. The maximum Gasteiger partial charge on any atom is 2.00 e. The van der Waals surface area contributed by atoms with E-state index in [1.807, 2.05) is 0 Å². The van der Waals surface area contributed by atoms with E-state index in [9.17, 15) is 0 Å². The Kier molecular flexibility index (Phi) is 51.3. The number of hydrogen-bond donors (Lipinski definition) is 0. The summed E-state index contributed by atoms with van der Waals surface area (Å²) in [6.45, 7) is 11.6. The first-order valence-corrected chi connectivity index (χ1v) is 24.7. The summed E-state index contributed by atoms with van der Waals surface area (Å²) in [6.07, 6.45) is 30.0. The van der Waals surface area contributed by atoms with Crippen LogP contribution < -0.4 is 0 Å². The van der Waals surface area contributed by atoms with Crippen LogP contribution in [-0.2, 0) is 85.7 Å². The van der Waals surface area contributed by atoms with Crippen LogP contribution in [0, 0.1) is 0 Å². The van der Waals surface area contributed by atoms with Crippen molar-refractivity contribution >= 4 is 69.4 Å². The SMILES string of the molecule is CCCCCCCCOP(=S)([S-])OCCCCCCCC.CCCCCCCCOP(=S)([S-])OCCCCCCCC.P.[Zn+2]. The molecule has 0 radical (unpaired) electrons. The van der Waals surface area contributed by atoms with Crippen LogP contribution in [0.5, 0.6) is 0 Å². The molecular weight excluding hydrogens is 735 g/mol. The molecule has 0 amide bonds. The van der Waals surface area contributed by atoms with Gasteiger partial charge in [-0.1, -0.05) is 180 Å². The first-order valence-electron chi connectivity index (χ1n) is 17.4. The van der Waals surface area contributed by atoms with E-state index < -0.39 is 11.4 Å². The molecule has 0 fully saturated rings. The van der Waals surface area contributed by atoms with Crippen molar-refractivity contribution in [1.82, 2.24) is 0 Å². The van der Waals surface area contributed by atoms with Crippen LogP contribution in [0.4, 0.5) is 0 Å². The van der Waals surface area contributed by atoms with Gasteiger partial charge in [0.15, 0.2) is 0 Å². The Morgan fingerprint density at radius 1 is 0.364 bits per heavy atom. The molecule has 0 heterocycles. The molecule has 1 unspecified atom stereocenters. The molecule has 0 rings (SSSR count). The molecule has 0 N–H and O–H groups in total. The summed E-state index contributed by atoms with van der Waals surface area (Å²) >= 11 is 21.1. The van der Waals surface area contributed by atoms with Gasteiger partial charge >= 0.3 is 19.5 Å². The smallest absolute Gasteiger partial charge is 0.691 e. The van der Waals surface area contributed by atoms with E-state index in [0.717, 1.165) is 25.7 Å². The summed E-state index contributed by atoms with van der Waals surface area (Å²) in [5, 5.41) is 0. The van der Waals surface area contributed by atoms with Crippen LogP contribution in [0.1, 0.15) is 182 Å². The van der Waals surface area contributed by atoms with E-state index in [-0.39, 0.29) is 29.4 Å². The van der Waals surface area contributed by atoms with Crippen molar-refractivity contribution < 1.29 is 37.6 Å². The van der Waals surface area contributed by atoms with Crippen molar-refractivity contribution in [1.29, 1.82) is 0 Å². The van der Waals surface area contributed by atoms with Gasteiger partial charge in [0.05, 0.1) is 37.8 Å². The summed E-state index contributed by atoms with van der Waals surface area (Å²) in [6, 6.07) is 0. The molecular formula is C32H71O4P3S4Zn. The molecule has 264 valence electrons. The fourth-order valence-electron chi connectivity index (χ4n) is 4.31. The third-order valence-corrected chi connectivity index (χ3v) is 11.5. The van der Waals surface area contributed by atoms with Crippen LogP contribution in [0.3, 0.4) is 0 Å². The minimum atomic E-state index is -2.40. The van der Waals surface area contributed by atoms with Crippen molar-refractivity contribution in [3.63, 3.8) is 0 Å². The van der Waals surface area contributed by atoms with E-state index in [1.54, 1.807) is 0 Å². The topological polar surface area (TPSA) is 36.9 Å². The van der Waals surface area contributed by atoms with Crippen molar-refractivity contribution in [2.45, 2.75) is 182 Å². The van der Waals surface area contributed by atoms with E-state index in [2.05, 4.69) is 27.7 Å². The molecule has 0 bridgehead atoms. The van der Waals surface area contributed by atoms with Crippen LogP contribution in [0.2, 0.25) is 0 Å². The molecule has 0 saturated heterocycles. The standard InChI is InChI=1S/2C16H35O2PS2.H3P.Zn/c2*1-3-5-7-9-11-13-15-17-19(20,21)18-16-14-12-10-8-6-4-2;;/h2*3-16H2,1-2H3,(H,20,21);1H3;/q;;;+2/p-2. The summed E-state index contributed by atoms with van der Waals surface area (Å²) in [5.74, 6) is 0. The van der Waals surface area contributed by atoms with Gasteiger partial charge < -0.3 is 42.6 Å². The van der Waals surface area contributed by atoms with Gasteiger partial charge in [-0.25, -0.2) is 0 Å². The van der Waals surface area contributed by atoms with Gasteiger partial charge in [-0.3, -0.25) is 0 Å². The Hall–Kier alpha value is 2.89. The first-order chi connectivity index (χ1) is 20.2. The maximum absolute atomic E-state index is 5.60. The summed E-state index contributed by atoms with van der Waals surface area (Å²) < 4.78 is 22.4. The van der Waals surface area contributed by atoms with E-state index in [1.165, 1.54) is 128 Å². The molecule has 0 aromatic rings. The Bertz CT molecular complexity index is 544. The van der Waals surface area contributed by atoms with Gasteiger partial charge in [0, 0.05) is 0 Å². The van der Waals surface area contributed by atoms with Crippen LogP contribution in [-0.4, -0.2) is 26.4 Å². The Morgan fingerprint density at radius 2 is 0.523 bits per heavy atom. The molecule has 44 heavy (non-hydrogen) atoms. The Labute approximate surface area is 313 Å². The maximum atomic E-state index is 5.60. The fourth-order valence-corrected chi connectivity index (χ4v) is 7.66. The normalized spacial score (nSPS) is 11.4. The second kappa shape index (κ2) is 42.1. The minimum absolute atomic E-state index is 0.